The summed E-state index contributed by atoms with van der Waals surface area (Å²) >= 11 is 0. The lowest BCUT2D eigenvalue weighted by atomic mass is 9.88. The highest BCUT2D eigenvalue weighted by Crippen LogP contribution is 2.41. The summed E-state index contributed by atoms with van der Waals surface area (Å²) < 4.78 is 22.4. The highest BCUT2D eigenvalue weighted by molar-refractivity contribution is 5.10. The molecule has 0 aliphatic carbocycles. The van der Waals surface area contributed by atoms with Crippen molar-refractivity contribution in [2.75, 3.05) is 7.11 Å². The van der Waals surface area contributed by atoms with E-state index in [1.54, 1.807) is 27.0 Å². The van der Waals surface area contributed by atoms with Crippen LogP contribution in [0, 0.1) is 0 Å². The van der Waals surface area contributed by atoms with Crippen molar-refractivity contribution < 1.29 is 24.1 Å². The molecule has 0 saturated carbocycles. The molecule has 0 aromatic rings. The van der Waals surface area contributed by atoms with Crippen LogP contribution in [0.5, 0.6) is 0 Å². The summed E-state index contributed by atoms with van der Waals surface area (Å²) in [4.78, 5) is 0. The molecule has 1 N–H and O–H groups in total. The number of ether oxygens (including phenoxy) is 4. The normalized spacial score (nSPS) is 48.8. The van der Waals surface area contributed by atoms with Crippen LogP contribution in [0.4, 0.5) is 0 Å². The molecule has 2 fully saturated rings. The minimum atomic E-state index is -1.05. The van der Waals surface area contributed by atoms with E-state index in [2.05, 4.69) is 6.58 Å². The Morgan fingerprint density at radius 1 is 1.18 bits per heavy atom. The van der Waals surface area contributed by atoms with E-state index >= 15 is 0 Å². The predicted octanol–water partition coefficient (Wildman–Crippen LogP) is 0.815. The van der Waals surface area contributed by atoms with Gasteiger partial charge < -0.3 is 24.1 Å². The first kappa shape index (κ1) is 13.0. The Morgan fingerprint density at radius 2 is 1.76 bits per heavy atom. The first-order chi connectivity index (χ1) is 7.83. The minimum absolute atomic E-state index is 0.366. The Hall–Kier alpha value is -0.460. The summed E-state index contributed by atoms with van der Waals surface area (Å²) in [6.45, 7) is 9.14. The molecule has 0 aromatic carbocycles. The largest absolute Gasteiger partial charge is 0.375 e. The van der Waals surface area contributed by atoms with Crippen molar-refractivity contribution in [3.05, 3.63) is 12.7 Å². The molecule has 0 aromatic heterocycles. The monoisotopic (exact) mass is 244 g/mol. The summed E-state index contributed by atoms with van der Waals surface area (Å²) in [6.07, 6.45) is -0.703. The second kappa shape index (κ2) is 4.03. The zero-order valence-electron chi connectivity index (χ0n) is 10.7. The standard InChI is InChI=1S/C12H20O5/c1-6-12(4)9(14-5)7-8(10(13)17-12)16-11(2,3)15-7/h6-10,13H,1H2,2-5H3/t7?,8?,9?,10?,12-/m0/s1. The summed E-state index contributed by atoms with van der Waals surface area (Å²) in [5, 5.41) is 9.96. The Morgan fingerprint density at radius 3 is 2.29 bits per heavy atom. The van der Waals surface area contributed by atoms with Crippen molar-refractivity contribution >= 4 is 0 Å². The van der Waals surface area contributed by atoms with Gasteiger partial charge in [0.25, 0.3) is 0 Å². The molecule has 0 radical (unpaired) electrons. The molecule has 4 unspecified atom stereocenters. The Bertz CT molecular complexity index is 316. The van der Waals surface area contributed by atoms with Gasteiger partial charge in [0.15, 0.2) is 12.1 Å². The number of hydrogen-bond donors (Lipinski definition) is 1. The lowest BCUT2D eigenvalue weighted by Crippen LogP contribution is -2.61. The van der Waals surface area contributed by atoms with Gasteiger partial charge in [-0.05, 0) is 20.8 Å². The molecule has 17 heavy (non-hydrogen) atoms. The lowest BCUT2D eigenvalue weighted by molar-refractivity contribution is -0.282. The van der Waals surface area contributed by atoms with Crippen molar-refractivity contribution in [3.8, 4) is 0 Å². The average molecular weight is 244 g/mol. The third-order valence-corrected chi connectivity index (χ3v) is 3.34. The van der Waals surface area contributed by atoms with Gasteiger partial charge in [0, 0.05) is 7.11 Å². The van der Waals surface area contributed by atoms with E-state index in [0.29, 0.717) is 0 Å². The molecular formula is C12H20O5. The van der Waals surface area contributed by atoms with Crippen molar-refractivity contribution in [2.45, 2.75) is 56.8 Å². The highest BCUT2D eigenvalue weighted by atomic mass is 16.8. The molecule has 5 nitrogen and oxygen atoms in total. The Labute approximate surface area is 101 Å². The van der Waals surface area contributed by atoms with Crippen LogP contribution >= 0.6 is 0 Å². The van der Waals surface area contributed by atoms with E-state index in [1.165, 1.54) is 0 Å². The van der Waals surface area contributed by atoms with Crippen LogP contribution in [0.25, 0.3) is 0 Å². The number of aliphatic hydroxyl groups excluding tert-OH is 1. The molecule has 2 rings (SSSR count). The van der Waals surface area contributed by atoms with Gasteiger partial charge in [-0.2, -0.15) is 0 Å². The number of rotatable bonds is 2. The van der Waals surface area contributed by atoms with Crippen LogP contribution in [0.2, 0.25) is 0 Å². The van der Waals surface area contributed by atoms with E-state index < -0.39 is 23.8 Å². The number of hydrogen-bond acceptors (Lipinski definition) is 5. The van der Waals surface area contributed by atoms with Gasteiger partial charge in [0.05, 0.1) is 0 Å². The first-order valence-corrected chi connectivity index (χ1v) is 5.71. The van der Waals surface area contributed by atoms with Gasteiger partial charge in [-0.15, -0.1) is 6.58 Å². The summed E-state index contributed by atoms with van der Waals surface area (Å²) in [7, 11) is 1.58. The summed E-state index contributed by atoms with van der Waals surface area (Å²) in [6, 6.07) is 0. The molecule has 5 atom stereocenters. The van der Waals surface area contributed by atoms with Gasteiger partial charge in [-0.1, -0.05) is 6.08 Å². The van der Waals surface area contributed by atoms with Crippen LogP contribution in [0.15, 0.2) is 12.7 Å². The van der Waals surface area contributed by atoms with Crippen LogP contribution in [-0.2, 0) is 18.9 Å². The van der Waals surface area contributed by atoms with E-state index in [-0.39, 0.29) is 12.2 Å². The second-order valence-corrected chi connectivity index (χ2v) is 5.12. The topological polar surface area (TPSA) is 57.2 Å². The zero-order valence-corrected chi connectivity index (χ0v) is 10.7. The minimum Gasteiger partial charge on any atom is -0.375 e. The van der Waals surface area contributed by atoms with Crippen LogP contribution in [0.1, 0.15) is 20.8 Å². The van der Waals surface area contributed by atoms with Gasteiger partial charge in [0.1, 0.15) is 23.9 Å². The average Bonchev–Trinajstić information content (AvgIpc) is 2.55. The molecule has 0 bridgehead atoms. The SMILES string of the molecule is C=C[C@]1(C)OC(O)C2OC(C)(C)OC2C1OC. The quantitative estimate of drug-likeness (QED) is 0.729. The highest BCUT2D eigenvalue weighted by Gasteiger charge is 2.58. The van der Waals surface area contributed by atoms with Crippen LogP contribution < -0.4 is 0 Å². The van der Waals surface area contributed by atoms with Gasteiger partial charge in [-0.25, -0.2) is 0 Å². The predicted molar refractivity (Wildman–Crippen MR) is 60.3 cm³/mol. The van der Waals surface area contributed by atoms with Gasteiger partial charge >= 0.3 is 0 Å². The maximum atomic E-state index is 9.96. The molecule has 2 heterocycles. The Balaban J connectivity index is 2.31. The van der Waals surface area contributed by atoms with Crippen molar-refractivity contribution in [1.29, 1.82) is 0 Å². The smallest absolute Gasteiger partial charge is 0.185 e. The molecule has 0 spiro atoms. The van der Waals surface area contributed by atoms with Crippen LogP contribution in [0.3, 0.4) is 0 Å². The molecule has 98 valence electrons. The molecule has 0 amide bonds. The maximum absolute atomic E-state index is 9.96. The van der Waals surface area contributed by atoms with Crippen molar-refractivity contribution in [3.63, 3.8) is 0 Å². The van der Waals surface area contributed by atoms with Crippen molar-refractivity contribution in [2.24, 2.45) is 0 Å². The molecule has 2 aliphatic rings. The zero-order chi connectivity index (χ0) is 12.8. The van der Waals surface area contributed by atoms with E-state index in [9.17, 15) is 5.11 Å². The van der Waals surface area contributed by atoms with E-state index in [4.69, 9.17) is 18.9 Å². The number of methoxy groups -OCH3 is 1. The lowest BCUT2D eigenvalue weighted by Gasteiger charge is -2.45. The van der Waals surface area contributed by atoms with Crippen LogP contribution in [-0.4, -0.2) is 48.2 Å². The molecular weight excluding hydrogens is 224 g/mol. The fourth-order valence-corrected chi connectivity index (χ4v) is 2.52. The van der Waals surface area contributed by atoms with E-state index in [1.807, 2.05) is 6.92 Å². The third-order valence-electron chi connectivity index (χ3n) is 3.34. The Kier molecular flexibility index (Phi) is 3.08. The summed E-state index contributed by atoms with van der Waals surface area (Å²) in [5.41, 5.74) is -0.793. The molecule has 2 saturated heterocycles. The fraction of sp³-hybridized carbons (Fsp3) is 0.833. The molecule has 5 heteroatoms. The fourth-order valence-electron chi connectivity index (χ4n) is 2.52. The van der Waals surface area contributed by atoms with E-state index in [0.717, 1.165) is 0 Å². The molecule has 2 aliphatic heterocycles. The van der Waals surface area contributed by atoms with Crippen molar-refractivity contribution in [1.82, 2.24) is 0 Å². The van der Waals surface area contributed by atoms with Gasteiger partial charge in [-0.3, -0.25) is 0 Å². The number of aliphatic hydroxyl groups is 1. The second-order valence-electron chi connectivity index (χ2n) is 5.12. The third kappa shape index (κ3) is 2.02. The summed E-state index contributed by atoms with van der Waals surface area (Å²) in [5.74, 6) is -0.747. The maximum Gasteiger partial charge on any atom is 0.185 e. The first-order valence-electron chi connectivity index (χ1n) is 5.71. The number of fused-ring (bicyclic) bond motifs is 1. The van der Waals surface area contributed by atoms with Gasteiger partial charge in [0.2, 0.25) is 0 Å².